The molecule has 1 aliphatic carbocycles. The smallest absolute Gasteiger partial charge is 0.253 e. The average Bonchev–Trinajstić information content (AvgIpc) is 3.68. The van der Waals surface area contributed by atoms with E-state index in [1.807, 2.05) is 24.5 Å². The number of carbonyl (C=O) groups excluding carboxylic acids is 1. The quantitative estimate of drug-likeness (QED) is 0.482. The number of likely N-dealkylation sites (tertiary alicyclic amines) is 1. The van der Waals surface area contributed by atoms with Crippen LogP contribution in [-0.4, -0.2) is 58.2 Å². The van der Waals surface area contributed by atoms with Crippen LogP contribution in [0.2, 0.25) is 0 Å². The lowest BCUT2D eigenvalue weighted by Crippen LogP contribution is -2.33. The van der Waals surface area contributed by atoms with Crippen molar-refractivity contribution in [2.45, 2.75) is 49.8 Å². The van der Waals surface area contributed by atoms with E-state index in [4.69, 9.17) is 4.98 Å². The summed E-state index contributed by atoms with van der Waals surface area (Å²) in [6.45, 7) is 3.90. The van der Waals surface area contributed by atoms with Crippen LogP contribution in [0.4, 0.5) is 0 Å². The predicted octanol–water partition coefficient (Wildman–Crippen LogP) is 4.84. The fourth-order valence-corrected chi connectivity index (χ4v) is 7.67. The molecular formula is C27H33N5OS2. The molecule has 6 rings (SSSR count). The second-order valence-corrected chi connectivity index (χ2v) is 12.7. The van der Waals surface area contributed by atoms with Gasteiger partial charge in [0.15, 0.2) is 0 Å². The zero-order valence-corrected chi connectivity index (χ0v) is 22.0. The normalized spacial score (nSPS) is 26.4. The molecule has 1 spiro atoms. The molecule has 2 aromatic heterocycles. The average molecular weight is 508 g/mol. The molecule has 1 amide bonds. The molecule has 1 aromatic carbocycles. The van der Waals surface area contributed by atoms with Crippen LogP contribution in [0.3, 0.4) is 0 Å². The Labute approximate surface area is 215 Å². The highest BCUT2D eigenvalue weighted by atomic mass is 32.2. The third-order valence-electron chi connectivity index (χ3n) is 8.24. The molecule has 3 aliphatic rings. The monoisotopic (exact) mass is 507 g/mol. The first-order valence-corrected chi connectivity index (χ1v) is 14.9. The third-order valence-corrected chi connectivity index (χ3v) is 9.96. The zero-order chi connectivity index (χ0) is 23.8. The van der Waals surface area contributed by atoms with E-state index in [9.17, 15) is 4.79 Å². The highest BCUT2D eigenvalue weighted by Gasteiger charge is 2.42. The molecule has 8 heteroatoms. The molecule has 1 saturated carbocycles. The van der Waals surface area contributed by atoms with Crippen molar-refractivity contribution in [3.05, 3.63) is 47.0 Å². The topological polar surface area (TPSA) is 71.0 Å². The minimum atomic E-state index is 0.178. The molecule has 35 heavy (non-hydrogen) atoms. The number of carbonyl (C=O) groups is 1. The summed E-state index contributed by atoms with van der Waals surface area (Å²) in [6.07, 6.45) is 14.0. The van der Waals surface area contributed by atoms with E-state index in [0.29, 0.717) is 17.3 Å². The standard InChI is InChI=1S/C27H33N5OS2/c1-34-21-14-29-24(30-15-21)11-18-2-3-19(10-18)12-25-31-22-5-4-20(13-23(22)35-25)26(33)32-9-7-27(17-32)6-8-28-16-27/h4-5,13-15,18-19,28H,2-3,6-12,16-17H2,1H3/t18-,19-,27?/m0/s1. The Morgan fingerprint density at radius 3 is 2.80 bits per heavy atom. The fourth-order valence-electron chi connectivity index (χ4n) is 6.24. The fraction of sp³-hybridized carbons (Fsp3) is 0.556. The van der Waals surface area contributed by atoms with Crippen LogP contribution in [0.5, 0.6) is 0 Å². The summed E-state index contributed by atoms with van der Waals surface area (Å²) in [5.41, 5.74) is 2.14. The molecule has 1 unspecified atom stereocenters. The van der Waals surface area contributed by atoms with E-state index >= 15 is 0 Å². The first-order chi connectivity index (χ1) is 17.1. The molecule has 1 N–H and O–H groups in total. The molecular weight excluding hydrogens is 474 g/mol. The first-order valence-electron chi connectivity index (χ1n) is 12.8. The molecule has 6 nitrogen and oxygen atoms in total. The van der Waals surface area contributed by atoms with Gasteiger partial charge in [0, 0.05) is 60.7 Å². The van der Waals surface area contributed by atoms with Crippen LogP contribution in [0, 0.1) is 17.3 Å². The number of fused-ring (bicyclic) bond motifs is 1. The lowest BCUT2D eigenvalue weighted by atomic mass is 9.86. The second-order valence-electron chi connectivity index (χ2n) is 10.7. The van der Waals surface area contributed by atoms with E-state index in [1.54, 1.807) is 23.1 Å². The minimum Gasteiger partial charge on any atom is -0.338 e. The van der Waals surface area contributed by atoms with Crippen molar-refractivity contribution in [2.75, 3.05) is 32.4 Å². The molecule has 0 bridgehead atoms. The van der Waals surface area contributed by atoms with Crippen molar-refractivity contribution < 1.29 is 4.79 Å². The Kier molecular flexibility index (Phi) is 6.54. The van der Waals surface area contributed by atoms with Crippen molar-refractivity contribution in [3.63, 3.8) is 0 Å². The summed E-state index contributed by atoms with van der Waals surface area (Å²) in [6, 6.07) is 6.09. The summed E-state index contributed by atoms with van der Waals surface area (Å²) < 4.78 is 1.14. The number of aromatic nitrogens is 3. The first kappa shape index (κ1) is 23.4. The predicted molar refractivity (Wildman–Crippen MR) is 142 cm³/mol. The highest BCUT2D eigenvalue weighted by Crippen LogP contribution is 2.38. The minimum absolute atomic E-state index is 0.178. The molecule has 3 aromatic rings. The summed E-state index contributed by atoms with van der Waals surface area (Å²) in [5.74, 6) is 2.49. The largest absolute Gasteiger partial charge is 0.338 e. The van der Waals surface area contributed by atoms with E-state index in [0.717, 1.165) is 71.9 Å². The third kappa shape index (κ3) is 4.98. The van der Waals surface area contributed by atoms with E-state index in [-0.39, 0.29) is 5.91 Å². The Bertz CT molecular complexity index is 1200. The van der Waals surface area contributed by atoms with Crippen LogP contribution >= 0.6 is 23.1 Å². The number of hydrogen-bond donors (Lipinski definition) is 1. The molecule has 4 heterocycles. The number of nitrogens with one attached hydrogen (secondary N) is 1. The number of rotatable bonds is 6. The van der Waals surface area contributed by atoms with Crippen LogP contribution in [0.25, 0.3) is 10.2 Å². The number of thioether (sulfide) groups is 1. The van der Waals surface area contributed by atoms with Gasteiger partial charge in [0.2, 0.25) is 0 Å². The van der Waals surface area contributed by atoms with Crippen LogP contribution in [-0.2, 0) is 12.8 Å². The number of amides is 1. The van der Waals surface area contributed by atoms with Gasteiger partial charge in [0.25, 0.3) is 5.91 Å². The van der Waals surface area contributed by atoms with Gasteiger partial charge < -0.3 is 10.2 Å². The molecule has 3 atom stereocenters. The Morgan fingerprint density at radius 1 is 1.20 bits per heavy atom. The van der Waals surface area contributed by atoms with Crippen LogP contribution in [0.1, 0.15) is 53.3 Å². The molecule has 3 fully saturated rings. The van der Waals surface area contributed by atoms with Gasteiger partial charge in [-0.15, -0.1) is 23.1 Å². The summed E-state index contributed by atoms with van der Waals surface area (Å²) in [5, 5.41) is 4.68. The number of benzene rings is 1. The Balaban J connectivity index is 1.07. The van der Waals surface area contributed by atoms with Gasteiger partial charge in [-0.05, 0) is 74.9 Å². The summed E-state index contributed by atoms with van der Waals surface area (Å²) >= 11 is 3.45. The van der Waals surface area contributed by atoms with Gasteiger partial charge in [-0.1, -0.05) is 0 Å². The zero-order valence-electron chi connectivity index (χ0n) is 20.3. The van der Waals surface area contributed by atoms with Gasteiger partial charge in [-0.3, -0.25) is 4.79 Å². The Morgan fingerprint density at radius 2 is 2.03 bits per heavy atom. The van der Waals surface area contributed by atoms with Crippen molar-refractivity contribution in [1.82, 2.24) is 25.2 Å². The number of thiazole rings is 1. The van der Waals surface area contributed by atoms with Crippen LogP contribution < -0.4 is 5.32 Å². The maximum atomic E-state index is 13.2. The van der Waals surface area contributed by atoms with Crippen molar-refractivity contribution >= 4 is 39.2 Å². The lowest BCUT2D eigenvalue weighted by molar-refractivity contribution is 0.0776. The lowest BCUT2D eigenvalue weighted by Gasteiger charge is -2.22. The highest BCUT2D eigenvalue weighted by molar-refractivity contribution is 7.98. The van der Waals surface area contributed by atoms with Gasteiger partial charge in [0.05, 0.1) is 15.2 Å². The van der Waals surface area contributed by atoms with E-state index in [2.05, 4.69) is 32.5 Å². The van der Waals surface area contributed by atoms with E-state index in [1.165, 1.54) is 30.7 Å². The summed E-state index contributed by atoms with van der Waals surface area (Å²) in [7, 11) is 0. The number of hydrogen-bond acceptors (Lipinski definition) is 7. The SMILES string of the molecule is CSc1cnc(C[C@H]2CC[C@H](Cc3nc4ccc(C(=O)N5CCC6(CCNC6)C5)cc4s3)C2)nc1. The van der Waals surface area contributed by atoms with Crippen molar-refractivity contribution in [2.24, 2.45) is 17.3 Å². The summed E-state index contributed by atoms with van der Waals surface area (Å²) in [4.78, 5) is 30.4. The van der Waals surface area contributed by atoms with Gasteiger partial charge in [-0.2, -0.15) is 0 Å². The maximum absolute atomic E-state index is 13.2. The maximum Gasteiger partial charge on any atom is 0.253 e. The van der Waals surface area contributed by atoms with Gasteiger partial charge in [0.1, 0.15) is 5.82 Å². The van der Waals surface area contributed by atoms with Crippen molar-refractivity contribution in [3.8, 4) is 0 Å². The number of nitrogens with zero attached hydrogens (tertiary/aromatic N) is 4. The van der Waals surface area contributed by atoms with Gasteiger partial charge in [-0.25, -0.2) is 15.0 Å². The van der Waals surface area contributed by atoms with E-state index < -0.39 is 0 Å². The molecule has 2 saturated heterocycles. The molecule has 2 aliphatic heterocycles. The van der Waals surface area contributed by atoms with Gasteiger partial charge >= 0.3 is 0 Å². The van der Waals surface area contributed by atoms with Crippen molar-refractivity contribution in [1.29, 1.82) is 0 Å². The van der Waals surface area contributed by atoms with Crippen LogP contribution in [0.15, 0.2) is 35.5 Å². The molecule has 184 valence electrons. The molecule has 0 radical (unpaired) electrons. The Hall–Kier alpha value is -2.03. The second kappa shape index (κ2) is 9.79.